The summed E-state index contributed by atoms with van der Waals surface area (Å²) >= 11 is 6.34. The molecule has 0 saturated heterocycles. The van der Waals surface area contributed by atoms with Crippen molar-refractivity contribution in [3.8, 4) is 0 Å². The maximum absolute atomic E-state index is 13.4. The fourth-order valence-corrected chi connectivity index (χ4v) is 6.55. The molecule has 0 aliphatic rings. The molecule has 0 spiro atoms. The van der Waals surface area contributed by atoms with E-state index < -0.39 is 0 Å². The number of halogens is 2. The molecule has 1 aromatic heterocycles. The highest BCUT2D eigenvalue weighted by atomic mass is 35.5. The van der Waals surface area contributed by atoms with Crippen molar-refractivity contribution in [1.82, 2.24) is 9.55 Å². The second-order valence-electron chi connectivity index (χ2n) is 12.5. The Kier molecular flexibility index (Phi) is 12.7. The Morgan fingerprint density at radius 3 is 1.98 bits per heavy atom. The Balaban J connectivity index is 0.000000248. The molecule has 5 heteroatoms. The number of hydrogen-bond donors (Lipinski definition) is 0. The molecule has 0 amide bonds. The summed E-state index contributed by atoms with van der Waals surface area (Å²) in [5.74, 6) is 1.65. The molecular weight excluding hydrogens is 526 g/mol. The van der Waals surface area contributed by atoms with Crippen molar-refractivity contribution >= 4 is 29.2 Å². The van der Waals surface area contributed by atoms with Gasteiger partial charge in [0, 0.05) is 24.0 Å². The normalized spacial score (nSPS) is 13.4. The molecule has 4 aromatic rings. The summed E-state index contributed by atoms with van der Waals surface area (Å²) in [5, 5.41) is 0.528. The predicted octanol–water partition coefficient (Wildman–Crippen LogP) is 9.09. The highest BCUT2D eigenvalue weighted by molar-refractivity contribution is 6.86. The minimum atomic E-state index is -0.279. The number of imidazole rings is 1. The van der Waals surface area contributed by atoms with Crippen LogP contribution in [0.4, 0.5) is 4.39 Å². The first kappa shape index (κ1) is 32.7. The van der Waals surface area contributed by atoms with E-state index in [2.05, 4.69) is 112 Å². The SMILES string of the molecule is CC(C)B(c1ccccc1)c1ccccc1.CCC(Cc1ccc(F)cc1Cl)(CC(C)CC(C)C)Cn1ccnc1. The Morgan fingerprint density at radius 2 is 1.51 bits per heavy atom. The van der Waals surface area contributed by atoms with E-state index in [-0.39, 0.29) is 11.2 Å². The molecule has 0 aliphatic carbocycles. The van der Waals surface area contributed by atoms with Gasteiger partial charge in [0.25, 0.3) is 0 Å². The van der Waals surface area contributed by atoms with Gasteiger partial charge in [-0.1, -0.05) is 137 Å². The zero-order valence-electron chi connectivity index (χ0n) is 25.7. The third-order valence-corrected chi connectivity index (χ3v) is 8.40. The van der Waals surface area contributed by atoms with Crippen LogP contribution < -0.4 is 10.9 Å². The van der Waals surface area contributed by atoms with Crippen molar-refractivity contribution in [2.75, 3.05) is 0 Å². The topological polar surface area (TPSA) is 17.8 Å². The molecule has 0 fully saturated rings. The van der Waals surface area contributed by atoms with Gasteiger partial charge in [0.15, 0.2) is 0 Å². The third kappa shape index (κ3) is 10.2. The van der Waals surface area contributed by atoms with Crippen LogP contribution in [-0.4, -0.2) is 16.3 Å². The zero-order chi connectivity index (χ0) is 29.8. The molecule has 3 aromatic carbocycles. The predicted molar refractivity (Wildman–Crippen MR) is 176 cm³/mol. The van der Waals surface area contributed by atoms with Crippen LogP contribution in [0.15, 0.2) is 97.6 Å². The van der Waals surface area contributed by atoms with Crippen molar-refractivity contribution in [2.24, 2.45) is 17.3 Å². The fourth-order valence-electron chi connectivity index (χ4n) is 6.32. The van der Waals surface area contributed by atoms with Crippen LogP contribution in [0.5, 0.6) is 0 Å². The van der Waals surface area contributed by atoms with E-state index in [1.807, 2.05) is 24.8 Å². The van der Waals surface area contributed by atoms with Crippen molar-refractivity contribution in [3.05, 3.63) is 114 Å². The average molecular weight is 573 g/mol. The van der Waals surface area contributed by atoms with Gasteiger partial charge in [0.1, 0.15) is 5.82 Å². The van der Waals surface area contributed by atoms with E-state index in [1.165, 1.54) is 29.5 Å². The lowest BCUT2D eigenvalue weighted by Gasteiger charge is -2.36. The van der Waals surface area contributed by atoms with Gasteiger partial charge in [-0.15, -0.1) is 0 Å². The molecular formula is C36H47BClFN2. The van der Waals surface area contributed by atoms with Crippen molar-refractivity contribution in [3.63, 3.8) is 0 Å². The van der Waals surface area contributed by atoms with Gasteiger partial charge in [-0.05, 0) is 60.6 Å². The van der Waals surface area contributed by atoms with Gasteiger partial charge < -0.3 is 4.57 Å². The first-order valence-corrected chi connectivity index (χ1v) is 15.5. The molecule has 0 radical (unpaired) electrons. The maximum Gasteiger partial charge on any atom is 0.211 e. The smallest absolute Gasteiger partial charge is 0.211 e. The van der Waals surface area contributed by atoms with Crippen LogP contribution in [0.25, 0.3) is 0 Å². The van der Waals surface area contributed by atoms with E-state index in [4.69, 9.17) is 11.6 Å². The second kappa shape index (κ2) is 16.0. The first-order chi connectivity index (χ1) is 19.6. The molecule has 0 N–H and O–H groups in total. The number of hydrogen-bond acceptors (Lipinski definition) is 1. The molecule has 2 atom stereocenters. The second-order valence-corrected chi connectivity index (χ2v) is 12.9. The van der Waals surface area contributed by atoms with Crippen LogP contribution in [-0.2, 0) is 13.0 Å². The van der Waals surface area contributed by atoms with Crippen LogP contribution in [0, 0.1) is 23.1 Å². The molecule has 41 heavy (non-hydrogen) atoms. The standard InChI is InChI=1S/C21H30ClFN2.C15H17B/c1-5-21(12-17(4)10-16(2)3,14-25-9-8-24-15-25)13-18-6-7-19(23)11-20(18)22;1-13(2)16(14-9-5-3-6-10-14)15-11-7-4-8-12-15/h6-9,11,15-17H,5,10,12-14H2,1-4H3;3-13H,1-2H3. The van der Waals surface area contributed by atoms with Gasteiger partial charge in [0.2, 0.25) is 6.71 Å². The molecule has 4 rings (SSSR count). The van der Waals surface area contributed by atoms with Crippen molar-refractivity contribution < 1.29 is 4.39 Å². The molecule has 0 saturated carbocycles. The molecule has 218 valence electrons. The van der Waals surface area contributed by atoms with Crippen molar-refractivity contribution in [1.29, 1.82) is 0 Å². The Morgan fingerprint density at radius 1 is 0.902 bits per heavy atom. The van der Waals surface area contributed by atoms with Crippen LogP contribution >= 0.6 is 11.6 Å². The summed E-state index contributed by atoms with van der Waals surface area (Å²) in [7, 11) is 0. The summed E-state index contributed by atoms with van der Waals surface area (Å²) in [6, 6.07) is 26.3. The van der Waals surface area contributed by atoms with E-state index >= 15 is 0 Å². The van der Waals surface area contributed by atoms with Gasteiger partial charge in [-0.3, -0.25) is 0 Å². The fraction of sp³-hybridized carbons (Fsp3) is 0.417. The number of rotatable bonds is 12. The number of nitrogens with zero attached hydrogens (tertiary/aromatic N) is 2. The summed E-state index contributed by atoms with van der Waals surface area (Å²) in [4.78, 5) is 4.19. The molecule has 2 unspecified atom stereocenters. The Bertz CT molecular complexity index is 1240. The first-order valence-electron chi connectivity index (χ1n) is 15.1. The van der Waals surface area contributed by atoms with Crippen LogP contribution in [0.3, 0.4) is 0 Å². The Hall–Kier alpha value is -2.85. The van der Waals surface area contributed by atoms with E-state index in [9.17, 15) is 4.39 Å². The van der Waals surface area contributed by atoms with Crippen LogP contribution in [0.1, 0.15) is 66.4 Å². The number of aromatic nitrogens is 2. The largest absolute Gasteiger partial charge is 0.337 e. The summed E-state index contributed by atoms with van der Waals surface area (Å²) in [6.45, 7) is 15.1. The van der Waals surface area contributed by atoms with Gasteiger partial charge in [-0.2, -0.15) is 0 Å². The van der Waals surface area contributed by atoms with Crippen molar-refractivity contribution in [2.45, 2.75) is 79.6 Å². The van der Waals surface area contributed by atoms with E-state index in [1.54, 1.807) is 0 Å². The third-order valence-electron chi connectivity index (χ3n) is 8.05. The molecule has 0 bridgehead atoms. The van der Waals surface area contributed by atoms with E-state index in [0.29, 0.717) is 29.4 Å². The minimum Gasteiger partial charge on any atom is -0.337 e. The Labute approximate surface area is 253 Å². The molecule has 1 heterocycles. The molecule has 0 aliphatic heterocycles. The van der Waals surface area contributed by atoms with Crippen LogP contribution in [0.2, 0.25) is 10.8 Å². The van der Waals surface area contributed by atoms with E-state index in [0.717, 1.165) is 31.4 Å². The lowest BCUT2D eigenvalue weighted by molar-refractivity contribution is 0.164. The zero-order valence-corrected chi connectivity index (χ0v) is 26.5. The lowest BCUT2D eigenvalue weighted by atomic mass is 9.34. The van der Waals surface area contributed by atoms with Gasteiger partial charge in [-0.25, -0.2) is 9.37 Å². The average Bonchev–Trinajstić information content (AvgIpc) is 3.44. The summed E-state index contributed by atoms with van der Waals surface area (Å²) in [6.07, 6.45) is 9.94. The molecule has 2 nitrogen and oxygen atoms in total. The highest BCUT2D eigenvalue weighted by Gasteiger charge is 2.32. The summed E-state index contributed by atoms with van der Waals surface area (Å²) in [5.41, 5.74) is 3.92. The van der Waals surface area contributed by atoms with Gasteiger partial charge in [0.05, 0.1) is 6.33 Å². The monoisotopic (exact) mass is 572 g/mol. The maximum atomic E-state index is 13.4. The lowest BCUT2D eigenvalue weighted by Crippen LogP contribution is -2.44. The quantitative estimate of drug-likeness (QED) is 0.155. The summed E-state index contributed by atoms with van der Waals surface area (Å²) < 4.78 is 15.6. The number of benzene rings is 3. The highest BCUT2D eigenvalue weighted by Crippen LogP contribution is 2.39. The van der Waals surface area contributed by atoms with Gasteiger partial charge >= 0.3 is 0 Å². The minimum absolute atomic E-state index is 0.0798.